The van der Waals surface area contributed by atoms with Crippen LogP contribution >= 0.6 is 11.8 Å². The number of methoxy groups -OCH3 is 2. The van der Waals surface area contributed by atoms with Crippen molar-refractivity contribution < 1.29 is 19.1 Å². The van der Waals surface area contributed by atoms with E-state index in [9.17, 15) is 9.59 Å². The second kappa shape index (κ2) is 10.1. The summed E-state index contributed by atoms with van der Waals surface area (Å²) in [5.74, 6) is 1.27. The van der Waals surface area contributed by atoms with Gasteiger partial charge in [-0.2, -0.15) is 0 Å². The van der Waals surface area contributed by atoms with E-state index in [1.54, 1.807) is 31.3 Å². The molecule has 1 fully saturated rings. The monoisotopic (exact) mass is 455 g/mol. The lowest BCUT2D eigenvalue weighted by molar-refractivity contribution is -0.124. The average Bonchev–Trinajstić information content (AvgIpc) is 3.14. The number of thioether (sulfide) groups is 1. The van der Waals surface area contributed by atoms with Crippen LogP contribution in [0.15, 0.2) is 47.6 Å². The van der Waals surface area contributed by atoms with Gasteiger partial charge >= 0.3 is 0 Å². The molecule has 1 N–H and O–H groups in total. The second-order valence-electron chi connectivity index (χ2n) is 8.44. The quantitative estimate of drug-likeness (QED) is 0.642. The smallest absolute Gasteiger partial charge is 0.271 e. The molecule has 0 radical (unpaired) electrons. The molecule has 0 aromatic heterocycles. The average molecular weight is 456 g/mol. The third-order valence-corrected chi connectivity index (χ3v) is 6.16. The Balaban J connectivity index is 1.64. The summed E-state index contributed by atoms with van der Waals surface area (Å²) in [5.41, 5.74) is 5.28. The highest BCUT2D eigenvalue weighted by Crippen LogP contribution is 2.28. The molecule has 1 aliphatic rings. The molecule has 3 rings (SSSR count). The highest BCUT2D eigenvalue weighted by Gasteiger charge is 2.28. The van der Waals surface area contributed by atoms with Crippen LogP contribution in [0.3, 0.4) is 0 Å². The minimum absolute atomic E-state index is 0.0183. The van der Waals surface area contributed by atoms with Gasteiger partial charge in [-0.05, 0) is 47.2 Å². The number of nitrogens with one attached hydrogen (secondary N) is 1. The van der Waals surface area contributed by atoms with Crippen LogP contribution in [-0.2, 0) is 16.6 Å². The van der Waals surface area contributed by atoms with E-state index in [1.807, 2.05) is 30.3 Å². The zero-order chi connectivity index (χ0) is 23.3. The summed E-state index contributed by atoms with van der Waals surface area (Å²) in [6.45, 7) is 6.83. The van der Waals surface area contributed by atoms with Crippen LogP contribution in [-0.4, -0.2) is 48.4 Å². The summed E-state index contributed by atoms with van der Waals surface area (Å²) >= 11 is 1.32. The lowest BCUT2D eigenvalue weighted by Gasteiger charge is -2.19. The maximum Gasteiger partial charge on any atom is 0.271 e. The van der Waals surface area contributed by atoms with E-state index in [1.165, 1.54) is 11.8 Å². The summed E-state index contributed by atoms with van der Waals surface area (Å²) in [5, 5.41) is 4.71. The number of carbonyl (C=O) groups excluding carboxylic acids is 2. The summed E-state index contributed by atoms with van der Waals surface area (Å²) in [6, 6.07) is 13.2. The SMILES string of the molecule is COc1ccc(CCN2C(=O)CSC2=NNC(=O)c2ccc(C(C)(C)C)cc2)cc1OC. The van der Waals surface area contributed by atoms with Gasteiger partial charge in [0.15, 0.2) is 16.7 Å². The Kier molecular flexibility index (Phi) is 7.45. The molecule has 0 aliphatic carbocycles. The number of rotatable bonds is 7. The first-order chi connectivity index (χ1) is 15.2. The summed E-state index contributed by atoms with van der Waals surface area (Å²) in [7, 11) is 3.18. The van der Waals surface area contributed by atoms with Gasteiger partial charge in [0.25, 0.3) is 5.91 Å². The molecule has 1 saturated heterocycles. The minimum atomic E-state index is -0.308. The van der Waals surface area contributed by atoms with Crippen molar-refractivity contribution in [1.29, 1.82) is 0 Å². The molecule has 170 valence electrons. The lowest BCUT2D eigenvalue weighted by atomic mass is 9.87. The van der Waals surface area contributed by atoms with Gasteiger partial charge < -0.3 is 9.47 Å². The maximum absolute atomic E-state index is 12.5. The van der Waals surface area contributed by atoms with Gasteiger partial charge in [0.05, 0.1) is 20.0 Å². The number of amides is 2. The van der Waals surface area contributed by atoms with Crippen LogP contribution in [0.4, 0.5) is 0 Å². The normalized spacial score (nSPS) is 15.2. The highest BCUT2D eigenvalue weighted by atomic mass is 32.2. The highest BCUT2D eigenvalue weighted by molar-refractivity contribution is 8.15. The number of nitrogens with zero attached hydrogens (tertiary/aromatic N) is 2. The fourth-order valence-corrected chi connectivity index (χ4v) is 4.13. The molecule has 2 aromatic carbocycles. The molecule has 7 nitrogen and oxygen atoms in total. The number of amidine groups is 1. The number of hydrogen-bond acceptors (Lipinski definition) is 6. The van der Waals surface area contributed by atoms with Crippen LogP contribution < -0.4 is 14.9 Å². The van der Waals surface area contributed by atoms with Gasteiger partial charge in [-0.1, -0.05) is 50.7 Å². The Morgan fingerprint density at radius 1 is 1.09 bits per heavy atom. The molecule has 8 heteroatoms. The topological polar surface area (TPSA) is 80.2 Å². The fourth-order valence-electron chi connectivity index (χ4n) is 3.26. The molecule has 2 aromatic rings. The number of carbonyl (C=O) groups is 2. The Morgan fingerprint density at radius 3 is 2.41 bits per heavy atom. The van der Waals surface area contributed by atoms with Crippen molar-refractivity contribution >= 4 is 28.7 Å². The van der Waals surface area contributed by atoms with Crippen molar-refractivity contribution in [3.8, 4) is 11.5 Å². The first-order valence-electron chi connectivity index (χ1n) is 10.4. The molecule has 0 unspecified atom stereocenters. The van der Waals surface area contributed by atoms with Crippen LogP contribution in [0.25, 0.3) is 0 Å². The van der Waals surface area contributed by atoms with Crippen LogP contribution in [0.2, 0.25) is 0 Å². The number of benzene rings is 2. The Labute approximate surface area is 193 Å². The largest absolute Gasteiger partial charge is 0.493 e. The van der Waals surface area contributed by atoms with E-state index < -0.39 is 0 Å². The number of hydrazone groups is 1. The molecule has 0 saturated carbocycles. The van der Waals surface area contributed by atoms with Crippen LogP contribution in [0.5, 0.6) is 11.5 Å². The number of ether oxygens (including phenoxy) is 2. The first-order valence-corrected chi connectivity index (χ1v) is 11.3. The zero-order valence-corrected chi connectivity index (χ0v) is 19.9. The summed E-state index contributed by atoms with van der Waals surface area (Å²) in [6.07, 6.45) is 0.619. The van der Waals surface area contributed by atoms with E-state index in [2.05, 4.69) is 31.3 Å². The van der Waals surface area contributed by atoms with Crippen LogP contribution in [0.1, 0.15) is 42.3 Å². The zero-order valence-electron chi connectivity index (χ0n) is 19.1. The van der Waals surface area contributed by atoms with Crippen molar-refractivity contribution in [2.24, 2.45) is 5.10 Å². The van der Waals surface area contributed by atoms with Crippen LogP contribution in [0, 0.1) is 0 Å². The van der Waals surface area contributed by atoms with Gasteiger partial charge in [-0.25, -0.2) is 5.43 Å². The van der Waals surface area contributed by atoms with E-state index in [0.29, 0.717) is 40.9 Å². The third kappa shape index (κ3) is 5.62. The number of hydrogen-bond donors (Lipinski definition) is 1. The molecular weight excluding hydrogens is 426 g/mol. The van der Waals surface area contributed by atoms with Gasteiger partial charge in [-0.3, -0.25) is 14.5 Å². The van der Waals surface area contributed by atoms with Crippen molar-refractivity contribution in [1.82, 2.24) is 10.3 Å². The molecule has 0 atom stereocenters. The molecule has 1 heterocycles. The summed E-state index contributed by atoms with van der Waals surface area (Å²) in [4.78, 5) is 26.4. The third-order valence-electron chi connectivity index (χ3n) is 5.19. The van der Waals surface area contributed by atoms with Crippen molar-refractivity contribution in [3.63, 3.8) is 0 Å². The Morgan fingerprint density at radius 2 is 1.78 bits per heavy atom. The van der Waals surface area contributed by atoms with E-state index in [4.69, 9.17) is 9.47 Å². The maximum atomic E-state index is 12.5. The molecule has 2 amide bonds. The van der Waals surface area contributed by atoms with Gasteiger partial charge in [0.1, 0.15) is 0 Å². The first kappa shape index (κ1) is 23.7. The van der Waals surface area contributed by atoms with Gasteiger partial charge in [-0.15, -0.1) is 5.10 Å². The van der Waals surface area contributed by atoms with Crippen molar-refractivity contribution in [2.45, 2.75) is 32.6 Å². The van der Waals surface area contributed by atoms with Crippen molar-refractivity contribution in [3.05, 3.63) is 59.2 Å². The van der Waals surface area contributed by atoms with Gasteiger partial charge in [0.2, 0.25) is 5.91 Å². The van der Waals surface area contributed by atoms with Gasteiger partial charge in [0, 0.05) is 12.1 Å². The second-order valence-corrected chi connectivity index (χ2v) is 9.38. The molecule has 32 heavy (non-hydrogen) atoms. The summed E-state index contributed by atoms with van der Waals surface area (Å²) < 4.78 is 10.6. The van der Waals surface area contributed by atoms with E-state index >= 15 is 0 Å². The molecule has 0 bridgehead atoms. The fraction of sp³-hybridized carbons (Fsp3) is 0.375. The minimum Gasteiger partial charge on any atom is -0.493 e. The van der Waals surface area contributed by atoms with E-state index in [-0.39, 0.29) is 17.2 Å². The van der Waals surface area contributed by atoms with Crippen molar-refractivity contribution in [2.75, 3.05) is 26.5 Å². The molecule has 1 aliphatic heterocycles. The Bertz CT molecular complexity index is 1010. The molecule has 0 spiro atoms. The van der Waals surface area contributed by atoms with E-state index in [0.717, 1.165) is 11.1 Å². The lowest BCUT2D eigenvalue weighted by Crippen LogP contribution is -2.33. The molecular formula is C24H29N3O4S. The predicted octanol–water partition coefficient (Wildman–Crippen LogP) is 3.82. The standard InChI is InChI=1S/C24H29N3O4S/c1-24(2,3)18-9-7-17(8-10-18)22(29)25-26-23-27(21(28)15-32-23)13-12-16-6-11-19(30-4)20(14-16)31-5/h6-11,14H,12-13,15H2,1-5H3,(H,25,29). The Hall–Kier alpha value is -3.00. The predicted molar refractivity (Wildman–Crippen MR) is 127 cm³/mol.